The summed E-state index contributed by atoms with van der Waals surface area (Å²) in [4.78, 5) is 13.9. The molecule has 2 N–H and O–H groups in total. The van der Waals surface area contributed by atoms with Crippen LogP contribution in [0.15, 0.2) is 30.3 Å². The average molecular weight is 234 g/mol. The zero-order chi connectivity index (χ0) is 12.8. The third kappa shape index (κ3) is 3.56. The van der Waals surface area contributed by atoms with Crippen molar-refractivity contribution in [3.05, 3.63) is 35.9 Å². The van der Waals surface area contributed by atoms with Crippen molar-refractivity contribution in [3.63, 3.8) is 0 Å². The third-order valence-corrected chi connectivity index (χ3v) is 3.23. The van der Waals surface area contributed by atoms with Crippen molar-refractivity contribution in [2.75, 3.05) is 13.6 Å². The Labute approximate surface area is 104 Å². The van der Waals surface area contributed by atoms with Crippen molar-refractivity contribution in [1.29, 1.82) is 0 Å². The molecule has 0 aliphatic heterocycles. The van der Waals surface area contributed by atoms with Gasteiger partial charge in [-0.15, -0.1) is 0 Å². The van der Waals surface area contributed by atoms with Crippen LogP contribution in [-0.4, -0.2) is 24.4 Å². The maximum absolute atomic E-state index is 12.1. The van der Waals surface area contributed by atoms with E-state index in [0.717, 1.165) is 12.0 Å². The van der Waals surface area contributed by atoms with Gasteiger partial charge in [0.2, 0.25) is 5.91 Å². The van der Waals surface area contributed by atoms with E-state index in [0.29, 0.717) is 6.54 Å². The van der Waals surface area contributed by atoms with Crippen molar-refractivity contribution in [1.82, 2.24) is 4.90 Å². The number of carbonyl (C=O) groups excluding carboxylic acids is 1. The molecule has 0 saturated carbocycles. The quantitative estimate of drug-likeness (QED) is 0.849. The van der Waals surface area contributed by atoms with Gasteiger partial charge in [-0.2, -0.15) is 0 Å². The van der Waals surface area contributed by atoms with Gasteiger partial charge in [0.1, 0.15) is 0 Å². The van der Waals surface area contributed by atoms with Crippen LogP contribution in [0.1, 0.15) is 31.9 Å². The second-order valence-corrected chi connectivity index (χ2v) is 4.51. The fraction of sp³-hybridized carbons (Fsp3) is 0.500. The molecule has 0 aromatic heterocycles. The fourth-order valence-corrected chi connectivity index (χ4v) is 1.87. The van der Waals surface area contributed by atoms with Gasteiger partial charge in [0.25, 0.3) is 0 Å². The molecule has 0 fully saturated rings. The second-order valence-electron chi connectivity index (χ2n) is 4.51. The number of nitrogens with two attached hydrogens (primary N) is 1. The molecule has 2 unspecified atom stereocenters. The Morgan fingerprint density at radius 1 is 1.29 bits per heavy atom. The highest BCUT2D eigenvalue weighted by atomic mass is 16.2. The van der Waals surface area contributed by atoms with Crippen LogP contribution in [0.25, 0.3) is 0 Å². The molecule has 0 heterocycles. The van der Waals surface area contributed by atoms with Crippen LogP contribution in [0.3, 0.4) is 0 Å². The van der Waals surface area contributed by atoms with Gasteiger partial charge < -0.3 is 10.6 Å². The Hall–Kier alpha value is -1.35. The van der Waals surface area contributed by atoms with Crippen LogP contribution >= 0.6 is 0 Å². The summed E-state index contributed by atoms with van der Waals surface area (Å²) in [6.45, 7) is 4.53. The maximum Gasteiger partial charge on any atom is 0.225 e. The molecule has 3 nitrogen and oxygen atoms in total. The average Bonchev–Trinajstić information content (AvgIpc) is 2.37. The zero-order valence-electron chi connectivity index (χ0n) is 10.9. The van der Waals surface area contributed by atoms with Crippen LogP contribution in [-0.2, 0) is 4.79 Å². The number of amides is 1. The Balaban J connectivity index is 2.70. The van der Waals surface area contributed by atoms with E-state index >= 15 is 0 Å². The molecule has 0 spiro atoms. The molecule has 1 aromatic rings. The van der Waals surface area contributed by atoms with Crippen LogP contribution in [0.2, 0.25) is 0 Å². The Bertz CT molecular complexity index is 350. The molecule has 0 saturated heterocycles. The highest BCUT2D eigenvalue weighted by Gasteiger charge is 2.21. The van der Waals surface area contributed by atoms with Crippen molar-refractivity contribution in [2.45, 2.75) is 26.3 Å². The van der Waals surface area contributed by atoms with E-state index in [1.165, 1.54) is 0 Å². The number of rotatable bonds is 5. The van der Waals surface area contributed by atoms with Gasteiger partial charge in [0, 0.05) is 13.0 Å². The monoisotopic (exact) mass is 234 g/mol. The second kappa shape index (κ2) is 6.40. The minimum absolute atomic E-state index is 0.00355. The number of nitrogens with zero attached hydrogens (tertiary/aromatic N) is 1. The minimum atomic E-state index is -0.00355. The van der Waals surface area contributed by atoms with Crippen molar-refractivity contribution in [3.8, 4) is 0 Å². The van der Waals surface area contributed by atoms with Crippen LogP contribution in [0.5, 0.6) is 0 Å². The van der Waals surface area contributed by atoms with Crippen molar-refractivity contribution < 1.29 is 4.79 Å². The predicted octanol–water partition coefficient (Wildman–Crippen LogP) is 2.19. The van der Waals surface area contributed by atoms with E-state index in [2.05, 4.69) is 0 Å². The summed E-state index contributed by atoms with van der Waals surface area (Å²) in [7, 11) is 1.85. The van der Waals surface area contributed by atoms with E-state index < -0.39 is 0 Å². The van der Waals surface area contributed by atoms with E-state index in [9.17, 15) is 4.79 Å². The summed E-state index contributed by atoms with van der Waals surface area (Å²) < 4.78 is 0. The highest BCUT2D eigenvalue weighted by molar-refractivity contribution is 5.78. The number of hydrogen-bond acceptors (Lipinski definition) is 2. The molecule has 1 aromatic carbocycles. The lowest BCUT2D eigenvalue weighted by Crippen LogP contribution is -2.34. The van der Waals surface area contributed by atoms with Crippen molar-refractivity contribution in [2.24, 2.45) is 11.7 Å². The fourth-order valence-electron chi connectivity index (χ4n) is 1.87. The van der Waals surface area contributed by atoms with E-state index in [-0.39, 0.29) is 17.9 Å². The number of hydrogen-bond donors (Lipinski definition) is 1. The van der Waals surface area contributed by atoms with Gasteiger partial charge in [-0.1, -0.05) is 37.3 Å². The first-order valence-electron chi connectivity index (χ1n) is 6.09. The molecular formula is C14H22N2O. The summed E-state index contributed by atoms with van der Waals surface area (Å²) in [5, 5.41) is 0. The molecule has 0 aliphatic carbocycles. The molecule has 1 rings (SSSR count). The van der Waals surface area contributed by atoms with Crippen molar-refractivity contribution >= 4 is 5.91 Å². The molecule has 0 aliphatic rings. The molecule has 17 heavy (non-hydrogen) atoms. The van der Waals surface area contributed by atoms with Gasteiger partial charge in [-0.3, -0.25) is 4.79 Å². The third-order valence-electron chi connectivity index (χ3n) is 3.23. The zero-order valence-corrected chi connectivity index (χ0v) is 10.9. The predicted molar refractivity (Wildman–Crippen MR) is 70.5 cm³/mol. The molecular weight excluding hydrogens is 212 g/mol. The summed E-state index contributed by atoms with van der Waals surface area (Å²) >= 11 is 0. The smallest absolute Gasteiger partial charge is 0.225 e. The Morgan fingerprint density at radius 3 is 2.41 bits per heavy atom. The largest absolute Gasteiger partial charge is 0.339 e. The minimum Gasteiger partial charge on any atom is -0.339 e. The van der Waals surface area contributed by atoms with Gasteiger partial charge in [0.05, 0.1) is 6.04 Å². The number of carbonyl (C=O) groups is 1. The van der Waals surface area contributed by atoms with E-state index in [1.54, 1.807) is 4.90 Å². The highest BCUT2D eigenvalue weighted by Crippen LogP contribution is 2.20. The van der Waals surface area contributed by atoms with Gasteiger partial charge in [-0.25, -0.2) is 0 Å². The summed E-state index contributed by atoms with van der Waals surface area (Å²) in [6.07, 6.45) is 0.741. The Kier molecular flexibility index (Phi) is 5.16. The van der Waals surface area contributed by atoms with Crippen LogP contribution in [0, 0.1) is 5.92 Å². The lowest BCUT2D eigenvalue weighted by molar-refractivity contribution is -0.135. The van der Waals surface area contributed by atoms with E-state index in [1.807, 2.05) is 51.2 Å². The molecule has 1 amide bonds. The molecule has 0 bridgehead atoms. The summed E-state index contributed by atoms with van der Waals surface area (Å²) in [5.41, 5.74) is 6.64. The Morgan fingerprint density at radius 2 is 1.88 bits per heavy atom. The van der Waals surface area contributed by atoms with Gasteiger partial charge in [-0.05, 0) is 25.5 Å². The van der Waals surface area contributed by atoms with Gasteiger partial charge in [0.15, 0.2) is 0 Å². The number of benzene rings is 1. The maximum atomic E-state index is 12.1. The van der Waals surface area contributed by atoms with E-state index in [4.69, 9.17) is 5.73 Å². The summed E-state index contributed by atoms with van der Waals surface area (Å²) in [6, 6.07) is 10.2. The molecule has 0 radical (unpaired) electrons. The first-order chi connectivity index (χ1) is 8.07. The SMILES string of the molecule is CC(CCN)C(=O)N(C)C(C)c1ccccc1. The molecule has 3 heteroatoms. The lowest BCUT2D eigenvalue weighted by atomic mass is 10.0. The molecule has 2 atom stereocenters. The van der Waals surface area contributed by atoms with Gasteiger partial charge >= 0.3 is 0 Å². The first-order valence-corrected chi connectivity index (χ1v) is 6.09. The first kappa shape index (κ1) is 13.7. The lowest BCUT2D eigenvalue weighted by Gasteiger charge is -2.28. The standard InChI is InChI=1S/C14H22N2O/c1-11(9-10-15)14(17)16(3)12(2)13-7-5-4-6-8-13/h4-8,11-12H,9-10,15H2,1-3H3. The molecule has 94 valence electrons. The normalized spacial score (nSPS) is 14.1. The van der Waals surface area contributed by atoms with Crippen LogP contribution in [0.4, 0.5) is 0 Å². The summed E-state index contributed by atoms with van der Waals surface area (Å²) in [5.74, 6) is 0.156. The topological polar surface area (TPSA) is 46.3 Å². The van der Waals surface area contributed by atoms with Crippen LogP contribution < -0.4 is 5.73 Å².